The van der Waals surface area contributed by atoms with Crippen LogP contribution in [0.2, 0.25) is 0 Å². The molecule has 1 unspecified atom stereocenters. The van der Waals surface area contributed by atoms with E-state index in [-0.39, 0.29) is 0 Å². The monoisotopic (exact) mass is 265 g/mol. The second-order valence-electron chi connectivity index (χ2n) is 4.54. The fourth-order valence-corrected chi connectivity index (χ4v) is 2.47. The third-order valence-corrected chi connectivity index (χ3v) is 3.39. The highest BCUT2D eigenvalue weighted by Crippen LogP contribution is 2.33. The number of ether oxygens (including phenoxy) is 2. The summed E-state index contributed by atoms with van der Waals surface area (Å²) in [5, 5.41) is 6.23. The molecule has 1 atom stereocenters. The van der Waals surface area contributed by atoms with E-state index >= 15 is 0 Å². The zero-order valence-electron chi connectivity index (χ0n) is 11.2. The van der Waals surface area contributed by atoms with Crippen LogP contribution >= 0.6 is 0 Å². The number of nitrogens with one attached hydrogen (secondary N) is 2. The van der Waals surface area contributed by atoms with Gasteiger partial charge in [-0.25, -0.2) is 9.78 Å². The van der Waals surface area contributed by atoms with Crippen molar-refractivity contribution in [3.05, 3.63) is 23.9 Å². The van der Waals surface area contributed by atoms with E-state index in [1.165, 1.54) is 7.11 Å². The number of hydrogen-bond donors (Lipinski definition) is 2. The first-order valence-electron chi connectivity index (χ1n) is 6.28. The first-order chi connectivity index (χ1) is 9.22. The molecule has 1 aromatic rings. The second kappa shape index (κ2) is 5.88. The predicted molar refractivity (Wildman–Crippen MR) is 70.1 cm³/mol. The van der Waals surface area contributed by atoms with E-state index in [4.69, 9.17) is 9.47 Å². The Morgan fingerprint density at radius 2 is 2.37 bits per heavy atom. The molecule has 0 bridgehead atoms. The third-order valence-electron chi connectivity index (χ3n) is 3.39. The highest BCUT2D eigenvalue weighted by atomic mass is 16.5. The molecule has 104 valence electrons. The van der Waals surface area contributed by atoms with Crippen molar-refractivity contribution in [3.8, 4) is 5.88 Å². The van der Waals surface area contributed by atoms with Crippen LogP contribution < -0.4 is 15.4 Å². The van der Waals surface area contributed by atoms with Crippen molar-refractivity contribution >= 4 is 6.09 Å². The average molecular weight is 265 g/mol. The molecule has 0 spiro atoms. The number of carbonyl (C=O) groups is 1. The molecule has 1 saturated heterocycles. The predicted octanol–water partition coefficient (Wildman–Crippen LogP) is 1.02. The van der Waals surface area contributed by atoms with Gasteiger partial charge in [-0.1, -0.05) is 0 Å². The zero-order valence-corrected chi connectivity index (χ0v) is 11.2. The van der Waals surface area contributed by atoms with Gasteiger partial charge in [-0.3, -0.25) is 0 Å². The smallest absolute Gasteiger partial charge is 0.407 e. The van der Waals surface area contributed by atoms with Gasteiger partial charge in [0.05, 0.1) is 19.8 Å². The highest BCUT2D eigenvalue weighted by Gasteiger charge is 2.38. The standard InChI is InChI=1S/C13H19N3O3/c1-18-11-10(5-3-8-15-11)13(16-12(17)19-2)6-4-7-14-9-13/h3,5,8,14H,4,6-7,9H2,1-2H3,(H,16,17). The number of piperidine rings is 1. The summed E-state index contributed by atoms with van der Waals surface area (Å²) in [5.74, 6) is 0.530. The number of nitrogens with zero attached hydrogens (tertiary/aromatic N) is 1. The van der Waals surface area contributed by atoms with Crippen molar-refractivity contribution < 1.29 is 14.3 Å². The quantitative estimate of drug-likeness (QED) is 0.854. The number of alkyl carbamates (subject to hydrolysis) is 1. The lowest BCUT2D eigenvalue weighted by Gasteiger charge is -2.38. The molecule has 2 N–H and O–H groups in total. The summed E-state index contributed by atoms with van der Waals surface area (Å²) in [6.07, 6.45) is 3.00. The van der Waals surface area contributed by atoms with E-state index in [0.717, 1.165) is 24.9 Å². The number of aromatic nitrogens is 1. The Hall–Kier alpha value is -1.82. The molecule has 1 aromatic heterocycles. The van der Waals surface area contributed by atoms with E-state index < -0.39 is 11.6 Å². The molecule has 19 heavy (non-hydrogen) atoms. The molecule has 0 aliphatic carbocycles. The molecule has 2 heterocycles. The first kappa shape index (κ1) is 13.6. The summed E-state index contributed by atoms with van der Waals surface area (Å²) in [6, 6.07) is 3.77. The summed E-state index contributed by atoms with van der Waals surface area (Å²) in [7, 11) is 2.94. The maximum atomic E-state index is 11.6. The van der Waals surface area contributed by atoms with Gasteiger partial charge in [0.2, 0.25) is 5.88 Å². The van der Waals surface area contributed by atoms with Gasteiger partial charge in [-0.2, -0.15) is 0 Å². The number of hydrogen-bond acceptors (Lipinski definition) is 5. The Balaban J connectivity index is 2.38. The van der Waals surface area contributed by atoms with Gasteiger partial charge in [0, 0.05) is 18.3 Å². The summed E-state index contributed by atoms with van der Waals surface area (Å²) in [4.78, 5) is 15.8. The second-order valence-corrected chi connectivity index (χ2v) is 4.54. The van der Waals surface area contributed by atoms with Gasteiger partial charge in [-0.05, 0) is 31.5 Å². The van der Waals surface area contributed by atoms with Crippen LogP contribution in [0.4, 0.5) is 4.79 Å². The van der Waals surface area contributed by atoms with Gasteiger partial charge in [-0.15, -0.1) is 0 Å². The summed E-state index contributed by atoms with van der Waals surface area (Å²) < 4.78 is 10.0. The highest BCUT2D eigenvalue weighted by molar-refractivity contribution is 5.69. The van der Waals surface area contributed by atoms with Crippen LogP contribution in [0.15, 0.2) is 18.3 Å². The maximum absolute atomic E-state index is 11.6. The third kappa shape index (κ3) is 2.78. The average Bonchev–Trinajstić information content (AvgIpc) is 2.48. The molecule has 1 aliphatic rings. The topological polar surface area (TPSA) is 72.5 Å². The fourth-order valence-electron chi connectivity index (χ4n) is 2.47. The Bertz CT molecular complexity index is 445. The van der Waals surface area contributed by atoms with Crippen molar-refractivity contribution in [2.75, 3.05) is 27.3 Å². The molecular weight excluding hydrogens is 246 g/mol. The molecule has 1 aliphatic heterocycles. The van der Waals surface area contributed by atoms with E-state index in [1.807, 2.05) is 12.1 Å². The van der Waals surface area contributed by atoms with Crippen molar-refractivity contribution in [3.63, 3.8) is 0 Å². The summed E-state index contributed by atoms with van der Waals surface area (Å²) in [6.45, 7) is 1.57. The lowest BCUT2D eigenvalue weighted by Crippen LogP contribution is -2.55. The maximum Gasteiger partial charge on any atom is 0.407 e. The van der Waals surface area contributed by atoms with Crippen molar-refractivity contribution in [2.24, 2.45) is 0 Å². The van der Waals surface area contributed by atoms with Crippen molar-refractivity contribution in [1.29, 1.82) is 0 Å². The van der Waals surface area contributed by atoms with Gasteiger partial charge >= 0.3 is 6.09 Å². The SMILES string of the molecule is COC(=O)NC1(c2cccnc2OC)CCCNC1. The summed E-state index contributed by atoms with van der Waals surface area (Å²) >= 11 is 0. The van der Waals surface area contributed by atoms with Crippen LogP contribution in [0.1, 0.15) is 18.4 Å². The number of rotatable bonds is 3. The van der Waals surface area contributed by atoms with E-state index in [2.05, 4.69) is 15.6 Å². The molecule has 1 amide bonds. The van der Waals surface area contributed by atoms with Crippen molar-refractivity contribution in [2.45, 2.75) is 18.4 Å². The fraction of sp³-hybridized carbons (Fsp3) is 0.538. The molecule has 6 nitrogen and oxygen atoms in total. The molecule has 6 heteroatoms. The van der Waals surface area contributed by atoms with Crippen molar-refractivity contribution in [1.82, 2.24) is 15.6 Å². The van der Waals surface area contributed by atoms with Crippen LogP contribution in [-0.4, -0.2) is 38.4 Å². The number of carbonyl (C=O) groups excluding carboxylic acids is 1. The molecule has 0 radical (unpaired) electrons. The van der Waals surface area contributed by atoms with Crippen LogP contribution in [0, 0.1) is 0 Å². The van der Waals surface area contributed by atoms with Gasteiger partial charge in [0.15, 0.2) is 0 Å². The first-order valence-corrected chi connectivity index (χ1v) is 6.28. The summed E-state index contributed by atoms with van der Waals surface area (Å²) in [5.41, 5.74) is 0.334. The lowest BCUT2D eigenvalue weighted by atomic mass is 9.83. The number of amides is 1. The van der Waals surface area contributed by atoms with Gasteiger partial charge in [0.25, 0.3) is 0 Å². The minimum atomic E-state index is -0.537. The largest absolute Gasteiger partial charge is 0.481 e. The Morgan fingerprint density at radius 1 is 1.53 bits per heavy atom. The normalized spacial score (nSPS) is 22.6. The van der Waals surface area contributed by atoms with E-state index in [9.17, 15) is 4.79 Å². The van der Waals surface area contributed by atoms with Crippen LogP contribution in [0.25, 0.3) is 0 Å². The Morgan fingerprint density at radius 3 is 3.00 bits per heavy atom. The van der Waals surface area contributed by atoms with Gasteiger partial charge in [0.1, 0.15) is 0 Å². The Labute approximate surface area is 112 Å². The molecule has 0 aromatic carbocycles. The van der Waals surface area contributed by atoms with Gasteiger partial charge < -0.3 is 20.1 Å². The van der Waals surface area contributed by atoms with Crippen LogP contribution in [-0.2, 0) is 10.3 Å². The van der Waals surface area contributed by atoms with E-state index in [1.54, 1.807) is 13.3 Å². The Kier molecular flexibility index (Phi) is 4.21. The molecule has 1 fully saturated rings. The number of pyridine rings is 1. The molecule has 2 rings (SSSR count). The minimum Gasteiger partial charge on any atom is -0.481 e. The zero-order chi connectivity index (χ0) is 13.7. The number of methoxy groups -OCH3 is 2. The minimum absolute atomic E-state index is 0.449. The lowest BCUT2D eigenvalue weighted by molar-refractivity contribution is 0.145. The molecule has 0 saturated carbocycles. The van der Waals surface area contributed by atoms with E-state index in [0.29, 0.717) is 12.4 Å². The van der Waals surface area contributed by atoms with Crippen LogP contribution in [0.5, 0.6) is 5.88 Å². The van der Waals surface area contributed by atoms with Crippen LogP contribution in [0.3, 0.4) is 0 Å². The molecular formula is C13H19N3O3.